The summed E-state index contributed by atoms with van der Waals surface area (Å²) in [6, 6.07) is 1.22. The van der Waals surface area contributed by atoms with E-state index in [1.807, 2.05) is 0 Å². The molecule has 1 aromatic heterocycles. The van der Waals surface area contributed by atoms with Crippen molar-refractivity contribution in [3.63, 3.8) is 0 Å². The van der Waals surface area contributed by atoms with Gasteiger partial charge in [0.2, 0.25) is 0 Å². The van der Waals surface area contributed by atoms with Gasteiger partial charge in [0, 0.05) is 25.4 Å². The van der Waals surface area contributed by atoms with Crippen molar-refractivity contribution in [2.45, 2.75) is 19.2 Å². The van der Waals surface area contributed by atoms with Gasteiger partial charge >= 0.3 is 5.69 Å². The van der Waals surface area contributed by atoms with Crippen LogP contribution in [0.15, 0.2) is 21.9 Å². The number of aliphatic hydroxyl groups is 2. The molecule has 1 unspecified atom stereocenters. The van der Waals surface area contributed by atoms with Crippen LogP contribution in [0.25, 0.3) is 0 Å². The molecule has 0 spiro atoms. The molecule has 7 nitrogen and oxygen atoms in total. The Balaban J connectivity index is 3.09. The summed E-state index contributed by atoms with van der Waals surface area (Å²) in [5.41, 5.74) is 4.32. The fraction of sp³-hybridized carbons (Fsp3) is 0.556. The molecular weight excluding hydrogens is 214 g/mol. The van der Waals surface area contributed by atoms with E-state index in [0.29, 0.717) is 0 Å². The molecule has 0 saturated heterocycles. The van der Waals surface area contributed by atoms with Gasteiger partial charge in [0.25, 0.3) is 5.56 Å². The van der Waals surface area contributed by atoms with Crippen LogP contribution in [0.2, 0.25) is 0 Å². The second-order valence-electron chi connectivity index (χ2n) is 3.37. The summed E-state index contributed by atoms with van der Waals surface area (Å²) in [6.07, 6.45) is 0.262. The van der Waals surface area contributed by atoms with Crippen LogP contribution < -0.4 is 17.0 Å². The van der Waals surface area contributed by atoms with E-state index in [1.54, 1.807) is 0 Å². The van der Waals surface area contributed by atoms with Crippen LogP contribution in [-0.2, 0) is 13.1 Å². The van der Waals surface area contributed by atoms with Crippen molar-refractivity contribution in [2.75, 3.05) is 13.2 Å². The van der Waals surface area contributed by atoms with Gasteiger partial charge in [0.15, 0.2) is 0 Å². The number of aliphatic hydroxyl groups excluding tert-OH is 2. The normalized spacial score (nSPS) is 12.7. The smallest absolute Gasteiger partial charge is 0.331 e. The molecule has 1 rings (SSSR count). The monoisotopic (exact) mass is 229 g/mol. The highest BCUT2D eigenvalue weighted by atomic mass is 16.3. The van der Waals surface area contributed by atoms with Crippen molar-refractivity contribution in [2.24, 2.45) is 5.73 Å². The molecular formula is C9H15N3O4. The number of hydrogen-bond acceptors (Lipinski definition) is 5. The summed E-state index contributed by atoms with van der Waals surface area (Å²) in [6.45, 7) is -0.182. The second kappa shape index (κ2) is 5.59. The molecule has 7 heteroatoms. The highest BCUT2D eigenvalue weighted by molar-refractivity contribution is 4.87. The molecule has 0 saturated carbocycles. The summed E-state index contributed by atoms with van der Waals surface area (Å²) in [5, 5.41) is 17.9. The van der Waals surface area contributed by atoms with Gasteiger partial charge in [-0.05, 0) is 0 Å². The van der Waals surface area contributed by atoms with Crippen LogP contribution in [0.4, 0.5) is 0 Å². The molecule has 1 atom stereocenters. The first-order valence-electron chi connectivity index (χ1n) is 4.89. The molecule has 0 aliphatic carbocycles. The third-order valence-electron chi connectivity index (χ3n) is 2.11. The molecule has 0 aromatic carbocycles. The van der Waals surface area contributed by atoms with Crippen molar-refractivity contribution >= 4 is 0 Å². The number of rotatable bonds is 5. The Bertz CT molecular complexity index is 451. The van der Waals surface area contributed by atoms with Crippen LogP contribution in [-0.4, -0.2) is 38.6 Å². The Morgan fingerprint density at radius 1 is 1.44 bits per heavy atom. The maximum atomic E-state index is 11.7. The number of nitrogens with two attached hydrogens (primary N) is 1. The Morgan fingerprint density at radius 2 is 2.12 bits per heavy atom. The first-order chi connectivity index (χ1) is 7.60. The van der Waals surface area contributed by atoms with Gasteiger partial charge in [0.1, 0.15) is 0 Å². The zero-order valence-corrected chi connectivity index (χ0v) is 8.74. The lowest BCUT2D eigenvalue weighted by molar-refractivity contribution is 0.0796. The van der Waals surface area contributed by atoms with Gasteiger partial charge in [-0.15, -0.1) is 0 Å². The van der Waals surface area contributed by atoms with E-state index in [9.17, 15) is 14.7 Å². The minimum absolute atomic E-state index is 0.0554. The summed E-state index contributed by atoms with van der Waals surface area (Å²) in [5.74, 6) is 0. The molecule has 1 aromatic rings. The van der Waals surface area contributed by atoms with E-state index in [4.69, 9.17) is 10.8 Å². The van der Waals surface area contributed by atoms with Crippen molar-refractivity contribution in [1.29, 1.82) is 0 Å². The SMILES string of the molecule is NCCn1c(=O)ccn(CC(O)CO)c1=O. The Labute approximate surface area is 91.4 Å². The van der Waals surface area contributed by atoms with Crippen LogP contribution in [0.5, 0.6) is 0 Å². The van der Waals surface area contributed by atoms with Gasteiger partial charge in [-0.2, -0.15) is 0 Å². The van der Waals surface area contributed by atoms with Gasteiger partial charge in [-0.1, -0.05) is 0 Å². The van der Waals surface area contributed by atoms with Gasteiger partial charge < -0.3 is 15.9 Å². The standard InChI is InChI=1S/C9H15N3O4/c10-2-4-12-8(15)1-3-11(9(12)16)5-7(14)6-13/h1,3,7,13-14H,2,4-6,10H2. The van der Waals surface area contributed by atoms with Crippen LogP contribution >= 0.6 is 0 Å². The molecule has 16 heavy (non-hydrogen) atoms. The average molecular weight is 229 g/mol. The fourth-order valence-corrected chi connectivity index (χ4v) is 1.32. The lowest BCUT2D eigenvalue weighted by atomic mass is 10.4. The van der Waals surface area contributed by atoms with Gasteiger partial charge in [0.05, 0.1) is 19.3 Å². The molecule has 90 valence electrons. The fourth-order valence-electron chi connectivity index (χ4n) is 1.32. The molecule has 4 N–H and O–H groups in total. The molecule has 0 aliphatic rings. The molecule has 0 radical (unpaired) electrons. The van der Waals surface area contributed by atoms with Gasteiger partial charge in [-0.25, -0.2) is 4.79 Å². The highest BCUT2D eigenvalue weighted by Gasteiger charge is 2.08. The first-order valence-corrected chi connectivity index (χ1v) is 4.89. The van der Waals surface area contributed by atoms with Crippen molar-refractivity contribution in [3.05, 3.63) is 33.1 Å². The summed E-state index contributed by atoms with van der Waals surface area (Å²) >= 11 is 0. The van der Waals surface area contributed by atoms with Crippen LogP contribution in [0, 0.1) is 0 Å². The zero-order chi connectivity index (χ0) is 12.1. The maximum Gasteiger partial charge on any atom is 0.331 e. The largest absolute Gasteiger partial charge is 0.394 e. The quantitative estimate of drug-likeness (QED) is 0.509. The lowest BCUT2D eigenvalue weighted by Crippen LogP contribution is -2.42. The van der Waals surface area contributed by atoms with Crippen LogP contribution in [0.3, 0.4) is 0 Å². The Kier molecular flexibility index (Phi) is 4.41. The van der Waals surface area contributed by atoms with E-state index in [2.05, 4.69) is 0 Å². The number of aromatic nitrogens is 2. The molecule has 1 heterocycles. The predicted molar refractivity (Wildman–Crippen MR) is 57.1 cm³/mol. The summed E-state index contributed by atoms with van der Waals surface area (Å²) in [7, 11) is 0. The van der Waals surface area contributed by atoms with Gasteiger partial charge in [-0.3, -0.25) is 13.9 Å². The highest BCUT2D eigenvalue weighted by Crippen LogP contribution is 1.86. The molecule has 0 bridgehead atoms. The average Bonchev–Trinajstić information content (AvgIpc) is 2.28. The number of hydrogen-bond donors (Lipinski definition) is 3. The zero-order valence-electron chi connectivity index (χ0n) is 8.74. The summed E-state index contributed by atoms with van der Waals surface area (Å²) in [4.78, 5) is 23.0. The first kappa shape index (κ1) is 12.6. The van der Waals surface area contributed by atoms with Crippen molar-refractivity contribution in [1.82, 2.24) is 9.13 Å². The van der Waals surface area contributed by atoms with E-state index in [-0.39, 0.29) is 19.6 Å². The number of nitrogens with zero attached hydrogens (tertiary/aromatic N) is 2. The minimum atomic E-state index is -1.03. The minimum Gasteiger partial charge on any atom is -0.394 e. The van der Waals surface area contributed by atoms with E-state index in [1.165, 1.54) is 12.3 Å². The van der Waals surface area contributed by atoms with E-state index < -0.39 is 24.0 Å². The van der Waals surface area contributed by atoms with E-state index >= 15 is 0 Å². The molecule has 0 fully saturated rings. The molecule has 0 aliphatic heterocycles. The topological polar surface area (TPSA) is 110 Å². The van der Waals surface area contributed by atoms with Crippen LogP contribution in [0.1, 0.15) is 0 Å². The lowest BCUT2D eigenvalue weighted by Gasteiger charge is -2.11. The molecule has 0 amide bonds. The third kappa shape index (κ3) is 2.78. The van der Waals surface area contributed by atoms with Crippen molar-refractivity contribution in [3.8, 4) is 0 Å². The van der Waals surface area contributed by atoms with Crippen molar-refractivity contribution < 1.29 is 10.2 Å². The maximum absolute atomic E-state index is 11.7. The van der Waals surface area contributed by atoms with E-state index in [0.717, 1.165) is 9.13 Å². The Hall–Kier alpha value is -1.44. The Morgan fingerprint density at radius 3 is 2.69 bits per heavy atom. The second-order valence-corrected chi connectivity index (χ2v) is 3.37. The third-order valence-corrected chi connectivity index (χ3v) is 2.11. The summed E-state index contributed by atoms with van der Waals surface area (Å²) < 4.78 is 2.15. The predicted octanol–water partition coefficient (Wildman–Crippen LogP) is -2.68.